The molecule has 0 saturated heterocycles. The summed E-state index contributed by atoms with van der Waals surface area (Å²) in [4.78, 5) is 20.8. The van der Waals surface area contributed by atoms with E-state index in [1.165, 1.54) is 29.5 Å². The van der Waals surface area contributed by atoms with Crippen LogP contribution in [0.3, 0.4) is 0 Å². The van der Waals surface area contributed by atoms with Crippen molar-refractivity contribution >= 4 is 48.2 Å². The average molecular weight is 561 g/mol. The maximum atomic E-state index is 15.7. The van der Waals surface area contributed by atoms with Gasteiger partial charge in [-0.15, -0.1) is 11.3 Å². The van der Waals surface area contributed by atoms with Crippen molar-refractivity contribution in [3.63, 3.8) is 0 Å². The lowest BCUT2D eigenvalue weighted by atomic mass is 10.0. The number of rotatable bonds is 7. The summed E-state index contributed by atoms with van der Waals surface area (Å²) in [5.41, 5.74) is 0.389. The molecule has 0 aliphatic heterocycles. The first-order valence-corrected chi connectivity index (χ1v) is 13.5. The molecule has 0 aliphatic rings. The van der Waals surface area contributed by atoms with E-state index in [1.54, 1.807) is 13.0 Å². The Kier molecular flexibility index (Phi) is 6.67. The van der Waals surface area contributed by atoms with Crippen molar-refractivity contribution in [3.05, 3.63) is 81.6 Å². The minimum absolute atomic E-state index is 0.0953. The molecule has 1 N–H and O–H groups in total. The van der Waals surface area contributed by atoms with E-state index in [1.807, 2.05) is 4.72 Å². The van der Waals surface area contributed by atoms with Crippen molar-refractivity contribution in [1.82, 2.24) is 14.5 Å². The molecule has 0 saturated carbocycles. The standard InChI is InChI=1S/C25H19F3N4O4S2/c1-13-7-20-14(11-29-13)8-15(25(33)32(20)5-6-36-2)23-16(26)3-4-18(24(23)28)31-38(34,35)22-10-21-19(9-17(22)27)30-12-37-21/h3-4,7-12,31H,5-6H2,1-2H3. The highest BCUT2D eigenvalue weighted by atomic mass is 32.2. The Morgan fingerprint density at radius 2 is 1.87 bits per heavy atom. The summed E-state index contributed by atoms with van der Waals surface area (Å²) in [5, 5.41) is 0.436. The summed E-state index contributed by atoms with van der Waals surface area (Å²) in [6.07, 6.45) is 1.47. The second kappa shape index (κ2) is 9.82. The van der Waals surface area contributed by atoms with Crippen LogP contribution >= 0.6 is 11.3 Å². The number of hydrogen-bond acceptors (Lipinski definition) is 7. The molecular formula is C25H19F3N4O4S2. The molecule has 0 atom stereocenters. The first-order chi connectivity index (χ1) is 18.1. The fraction of sp³-hybridized carbons (Fsp3) is 0.160. The van der Waals surface area contributed by atoms with Gasteiger partial charge in [0, 0.05) is 37.0 Å². The Morgan fingerprint density at radius 3 is 2.63 bits per heavy atom. The fourth-order valence-electron chi connectivity index (χ4n) is 4.10. The third-order valence-corrected chi connectivity index (χ3v) is 8.09. The molecule has 0 unspecified atom stereocenters. The number of fused-ring (bicyclic) bond motifs is 2. The van der Waals surface area contributed by atoms with Crippen molar-refractivity contribution in [2.75, 3.05) is 18.4 Å². The van der Waals surface area contributed by atoms with Crippen LogP contribution in [0.25, 0.3) is 32.2 Å². The van der Waals surface area contributed by atoms with Crippen LogP contribution in [-0.4, -0.2) is 36.7 Å². The number of anilines is 1. The number of aryl methyl sites for hydroxylation is 1. The predicted octanol–water partition coefficient (Wildman–Crippen LogP) is 4.85. The first-order valence-electron chi connectivity index (χ1n) is 11.1. The Labute approximate surface area is 218 Å². The minimum Gasteiger partial charge on any atom is -0.383 e. The van der Waals surface area contributed by atoms with Gasteiger partial charge in [-0.05, 0) is 37.3 Å². The summed E-state index contributed by atoms with van der Waals surface area (Å²) < 4.78 is 80.2. The Morgan fingerprint density at radius 1 is 1.08 bits per heavy atom. The number of aromatic nitrogens is 3. The number of nitrogens with one attached hydrogen (secondary N) is 1. The number of nitrogens with zero attached hydrogens (tertiary/aromatic N) is 3. The van der Waals surface area contributed by atoms with Crippen molar-refractivity contribution in [1.29, 1.82) is 0 Å². The number of pyridine rings is 2. The third kappa shape index (κ3) is 4.52. The summed E-state index contributed by atoms with van der Waals surface area (Å²) >= 11 is 1.10. The topological polar surface area (TPSA) is 103 Å². The quantitative estimate of drug-likeness (QED) is 0.305. The maximum Gasteiger partial charge on any atom is 0.264 e. The number of thiazole rings is 1. The zero-order valence-corrected chi connectivity index (χ0v) is 21.6. The lowest BCUT2D eigenvalue weighted by molar-refractivity contribution is 0.187. The van der Waals surface area contributed by atoms with Crippen molar-refractivity contribution in [2.24, 2.45) is 0 Å². The first kappa shape index (κ1) is 25.8. The third-order valence-electron chi connectivity index (χ3n) is 5.91. The predicted molar refractivity (Wildman–Crippen MR) is 138 cm³/mol. The number of halogens is 3. The van der Waals surface area contributed by atoms with Gasteiger partial charge in [-0.3, -0.25) is 14.5 Å². The smallest absolute Gasteiger partial charge is 0.264 e. The zero-order valence-electron chi connectivity index (χ0n) is 20.0. The van der Waals surface area contributed by atoms with Crippen LogP contribution in [0.1, 0.15) is 5.69 Å². The van der Waals surface area contributed by atoms with E-state index in [-0.39, 0.29) is 24.2 Å². The highest BCUT2D eigenvalue weighted by molar-refractivity contribution is 7.92. The van der Waals surface area contributed by atoms with E-state index < -0.39 is 49.2 Å². The summed E-state index contributed by atoms with van der Waals surface area (Å²) in [6, 6.07) is 6.70. The van der Waals surface area contributed by atoms with Crippen LogP contribution in [0.2, 0.25) is 0 Å². The van der Waals surface area contributed by atoms with E-state index >= 15 is 8.78 Å². The zero-order chi connectivity index (χ0) is 27.2. The molecule has 0 radical (unpaired) electrons. The lowest BCUT2D eigenvalue weighted by Gasteiger charge is -2.16. The van der Waals surface area contributed by atoms with Gasteiger partial charge in [-0.25, -0.2) is 26.6 Å². The van der Waals surface area contributed by atoms with Crippen LogP contribution in [-0.2, 0) is 21.3 Å². The van der Waals surface area contributed by atoms with Crippen LogP contribution in [0.15, 0.2) is 57.8 Å². The molecular weight excluding hydrogens is 541 g/mol. The highest BCUT2D eigenvalue weighted by Gasteiger charge is 2.26. The number of hydrogen-bond donors (Lipinski definition) is 1. The van der Waals surface area contributed by atoms with Gasteiger partial charge >= 0.3 is 0 Å². The molecule has 3 aromatic heterocycles. The van der Waals surface area contributed by atoms with Gasteiger partial charge in [0.2, 0.25) is 0 Å². The molecule has 0 aliphatic carbocycles. The largest absolute Gasteiger partial charge is 0.383 e. The van der Waals surface area contributed by atoms with E-state index in [0.717, 1.165) is 35.6 Å². The molecule has 3 heterocycles. The molecule has 0 amide bonds. The van der Waals surface area contributed by atoms with Crippen LogP contribution in [0.4, 0.5) is 18.9 Å². The normalized spacial score (nSPS) is 11.9. The molecule has 0 fully saturated rings. The number of benzene rings is 2. The average Bonchev–Trinajstić information content (AvgIpc) is 3.33. The molecule has 0 bridgehead atoms. The molecule has 8 nitrogen and oxygen atoms in total. The fourth-order valence-corrected chi connectivity index (χ4v) is 6.02. The summed E-state index contributed by atoms with van der Waals surface area (Å²) in [7, 11) is -3.18. The monoisotopic (exact) mass is 560 g/mol. The Hall–Kier alpha value is -3.81. The lowest BCUT2D eigenvalue weighted by Crippen LogP contribution is -2.25. The van der Waals surface area contributed by atoms with E-state index in [4.69, 9.17) is 4.74 Å². The SMILES string of the molecule is COCCn1c(=O)c(-c2c(F)ccc(NS(=O)(=O)c3cc4scnc4cc3F)c2F)cc2cnc(C)cc21. The van der Waals surface area contributed by atoms with Gasteiger partial charge in [0.1, 0.15) is 16.5 Å². The van der Waals surface area contributed by atoms with Gasteiger partial charge < -0.3 is 9.30 Å². The van der Waals surface area contributed by atoms with Crippen LogP contribution in [0, 0.1) is 24.4 Å². The highest BCUT2D eigenvalue weighted by Crippen LogP contribution is 2.33. The van der Waals surface area contributed by atoms with Crippen molar-refractivity contribution < 1.29 is 26.3 Å². The van der Waals surface area contributed by atoms with Gasteiger partial charge in [0.15, 0.2) is 5.82 Å². The Bertz CT molecular complexity index is 1890. The van der Waals surface area contributed by atoms with E-state index in [9.17, 15) is 17.6 Å². The van der Waals surface area contributed by atoms with E-state index in [2.05, 4.69) is 9.97 Å². The summed E-state index contributed by atoms with van der Waals surface area (Å²) in [6.45, 7) is 1.99. The van der Waals surface area contributed by atoms with Gasteiger partial charge in [-0.2, -0.15) is 0 Å². The molecule has 13 heteroatoms. The maximum absolute atomic E-state index is 15.7. The molecule has 5 rings (SSSR count). The second-order valence-electron chi connectivity index (χ2n) is 8.38. The Balaban J connectivity index is 1.65. The molecule has 5 aromatic rings. The molecule has 38 heavy (non-hydrogen) atoms. The van der Waals surface area contributed by atoms with Gasteiger partial charge in [0.25, 0.3) is 15.6 Å². The number of methoxy groups -OCH3 is 1. The van der Waals surface area contributed by atoms with Crippen LogP contribution in [0.5, 0.6) is 0 Å². The van der Waals surface area contributed by atoms with Gasteiger partial charge in [-0.1, -0.05) is 0 Å². The molecule has 196 valence electrons. The van der Waals surface area contributed by atoms with Gasteiger partial charge in [0.05, 0.1) is 44.7 Å². The number of ether oxygens (including phenoxy) is 1. The molecule has 2 aromatic carbocycles. The van der Waals surface area contributed by atoms with Crippen molar-refractivity contribution in [3.8, 4) is 11.1 Å². The second-order valence-corrected chi connectivity index (χ2v) is 10.9. The minimum atomic E-state index is -4.64. The number of sulfonamides is 1. The summed E-state index contributed by atoms with van der Waals surface area (Å²) in [5.74, 6) is -3.50. The van der Waals surface area contributed by atoms with E-state index in [0.29, 0.717) is 21.3 Å². The molecule has 0 spiro atoms. The van der Waals surface area contributed by atoms with Crippen molar-refractivity contribution in [2.45, 2.75) is 18.4 Å². The van der Waals surface area contributed by atoms with Crippen LogP contribution < -0.4 is 10.3 Å².